The van der Waals surface area contributed by atoms with E-state index in [9.17, 15) is 4.79 Å². The third-order valence-corrected chi connectivity index (χ3v) is 5.48. The van der Waals surface area contributed by atoms with E-state index < -0.39 is 0 Å². The van der Waals surface area contributed by atoms with Crippen LogP contribution >= 0.6 is 0 Å². The smallest absolute Gasteiger partial charge is 0.251 e. The molecule has 2 aromatic carbocycles. The van der Waals surface area contributed by atoms with E-state index in [0.717, 1.165) is 18.0 Å². The van der Waals surface area contributed by atoms with E-state index in [-0.39, 0.29) is 5.91 Å². The van der Waals surface area contributed by atoms with Crippen molar-refractivity contribution in [3.63, 3.8) is 0 Å². The number of hydrogen-bond acceptors (Lipinski definition) is 4. The van der Waals surface area contributed by atoms with Crippen molar-refractivity contribution in [1.29, 1.82) is 0 Å². The van der Waals surface area contributed by atoms with Gasteiger partial charge >= 0.3 is 0 Å². The van der Waals surface area contributed by atoms with Gasteiger partial charge in [0.1, 0.15) is 0 Å². The molecule has 5 heteroatoms. The molecule has 0 unspecified atom stereocenters. The normalized spacial score (nSPS) is 15.1. The van der Waals surface area contributed by atoms with Crippen LogP contribution < -0.4 is 14.8 Å². The minimum Gasteiger partial charge on any atom is -0.493 e. The lowest BCUT2D eigenvalue weighted by Gasteiger charge is -2.30. The number of carbonyl (C=O) groups excluding carboxylic acids is 1. The van der Waals surface area contributed by atoms with Gasteiger partial charge in [0, 0.05) is 18.7 Å². The summed E-state index contributed by atoms with van der Waals surface area (Å²) in [6.45, 7) is 8.67. The van der Waals surface area contributed by atoms with Crippen LogP contribution in [0.1, 0.15) is 48.2 Å². The third kappa shape index (κ3) is 5.97. The Balaban J connectivity index is 1.52. The predicted molar refractivity (Wildman–Crippen MR) is 115 cm³/mol. The summed E-state index contributed by atoms with van der Waals surface area (Å²) in [5.74, 6) is 1.94. The second-order valence-corrected chi connectivity index (χ2v) is 7.76. The first kappa shape index (κ1) is 21.2. The van der Waals surface area contributed by atoms with Crippen molar-refractivity contribution in [2.45, 2.75) is 39.8 Å². The van der Waals surface area contributed by atoms with Crippen LogP contribution in [0.5, 0.6) is 11.5 Å². The maximum atomic E-state index is 12.5. The summed E-state index contributed by atoms with van der Waals surface area (Å²) in [4.78, 5) is 15.0. The molecule has 1 aliphatic rings. The quantitative estimate of drug-likeness (QED) is 0.725. The second-order valence-electron chi connectivity index (χ2n) is 7.76. The molecule has 5 nitrogen and oxygen atoms in total. The van der Waals surface area contributed by atoms with Crippen LogP contribution in [0.2, 0.25) is 0 Å². The Morgan fingerprint density at radius 2 is 1.76 bits per heavy atom. The lowest BCUT2D eigenvalue weighted by Crippen LogP contribution is -2.32. The van der Waals surface area contributed by atoms with E-state index in [1.54, 1.807) is 25.3 Å². The van der Waals surface area contributed by atoms with Gasteiger partial charge in [-0.15, -0.1) is 0 Å². The first-order chi connectivity index (χ1) is 14.1. The molecule has 0 aliphatic carbocycles. The Kier molecular flexibility index (Phi) is 7.53. The van der Waals surface area contributed by atoms with Crippen LogP contribution in [0.15, 0.2) is 42.5 Å². The van der Waals surface area contributed by atoms with E-state index in [2.05, 4.69) is 41.4 Å². The average Bonchev–Trinajstić information content (AvgIpc) is 2.75. The van der Waals surface area contributed by atoms with Crippen molar-refractivity contribution >= 4 is 5.91 Å². The molecule has 0 atom stereocenters. The highest BCUT2D eigenvalue weighted by atomic mass is 16.5. The van der Waals surface area contributed by atoms with Gasteiger partial charge < -0.3 is 14.8 Å². The predicted octanol–water partition coefficient (Wildman–Crippen LogP) is 4.26. The molecule has 0 radical (unpaired) electrons. The molecule has 0 aromatic heterocycles. The molecule has 0 saturated carbocycles. The number of hydrogen-bond donors (Lipinski definition) is 1. The van der Waals surface area contributed by atoms with Crippen LogP contribution in [-0.4, -0.2) is 37.6 Å². The first-order valence-corrected chi connectivity index (χ1v) is 10.5. The fourth-order valence-electron chi connectivity index (χ4n) is 3.61. The van der Waals surface area contributed by atoms with Crippen molar-refractivity contribution in [3.05, 3.63) is 59.2 Å². The number of rotatable bonds is 8. The topological polar surface area (TPSA) is 50.8 Å². The number of nitrogens with one attached hydrogen (secondary N) is 1. The lowest BCUT2D eigenvalue weighted by atomic mass is 9.99. The number of benzene rings is 2. The summed E-state index contributed by atoms with van der Waals surface area (Å²) in [7, 11) is 1.57. The number of nitrogens with zero attached hydrogens (tertiary/aromatic N) is 1. The maximum Gasteiger partial charge on any atom is 0.251 e. The van der Waals surface area contributed by atoms with Gasteiger partial charge in [-0.3, -0.25) is 9.69 Å². The minimum atomic E-state index is -0.127. The lowest BCUT2D eigenvalue weighted by molar-refractivity contribution is 0.0950. The van der Waals surface area contributed by atoms with Gasteiger partial charge in [0.15, 0.2) is 11.5 Å². The summed E-state index contributed by atoms with van der Waals surface area (Å²) < 4.78 is 10.8. The van der Waals surface area contributed by atoms with Crippen molar-refractivity contribution in [3.8, 4) is 11.5 Å². The van der Waals surface area contributed by atoms with E-state index in [1.807, 2.05) is 6.92 Å². The largest absolute Gasteiger partial charge is 0.493 e. The van der Waals surface area contributed by atoms with Gasteiger partial charge in [0.2, 0.25) is 0 Å². The van der Waals surface area contributed by atoms with Crippen molar-refractivity contribution < 1.29 is 14.3 Å². The van der Waals surface area contributed by atoms with Gasteiger partial charge in [-0.25, -0.2) is 0 Å². The second kappa shape index (κ2) is 10.3. The first-order valence-electron chi connectivity index (χ1n) is 10.5. The standard InChI is InChI=1S/C24H32N2O3/c1-4-29-22-10-9-21(15-23(22)28-3)24(27)25-16-19-5-7-20(8-6-19)17-26-13-11-18(2)12-14-26/h5-10,15,18H,4,11-14,16-17H2,1-3H3,(H,25,27). The Morgan fingerprint density at radius 3 is 2.41 bits per heavy atom. The van der Waals surface area contributed by atoms with E-state index in [4.69, 9.17) is 9.47 Å². The van der Waals surface area contributed by atoms with Crippen LogP contribution in [0, 0.1) is 5.92 Å². The summed E-state index contributed by atoms with van der Waals surface area (Å²) in [6, 6.07) is 13.8. The van der Waals surface area contributed by atoms with Crippen LogP contribution in [0.4, 0.5) is 0 Å². The Bertz CT molecular complexity index is 796. The number of likely N-dealkylation sites (tertiary alicyclic amines) is 1. The SMILES string of the molecule is CCOc1ccc(C(=O)NCc2ccc(CN3CCC(C)CC3)cc2)cc1OC. The molecule has 3 rings (SSSR count). The molecule has 1 aliphatic heterocycles. The molecule has 1 heterocycles. The van der Waals surface area contributed by atoms with Gasteiger partial charge in [0.05, 0.1) is 13.7 Å². The van der Waals surface area contributed by atoms with Gasteiger partial charge in [-0.05, 0) is 68.1 Å². The molecule has 1 fully saturated rings. The van der Waals surface area contributed by atoms with Crippen LogP contribution in [-0.2, 0) is 13.1 Å². The zero-order valence-electron chi connectivity index (χ0n) is 17.7. The Labute approximate surface area is 174 Å². The highest BCUT2D eigenvalue weighted by Crippen LogP contribution is 2.28. The van der Waals surface area contributed by atoms with E-state index in [1.165, 1.54) is 31.5 Å². The van der Waals surface area contributed by atoms with Crippen molar-refractivity contribution in [1.82, 2.24) is 10.2 Å². The van der Waals surface area contributed by atoms with Gasteiger partial charge in [0.25, 0.3) is 5.91 Å². The number of amides is 1. The number of ether oxygens (including phenoxy) is 2. The number of carbonyl (C=O) groups is 1. The van der Waals surface area contributed by atoms with Crippen molar-refractivity contribution in [2.75, 3.05) is 26.8 Å². The molecular formula is C24H32N2O3. The van der Waals surface area contributed by atoms with Crippen LogP contribution in [0.25, 0.3) is 0 Å². The summed E-state index contributed by atoms with van der Waals surface area (Å²) in [6.07, 6.45) is 2.58. The van der Waals surface area contributed by atoms with E-state index in [0.29, 0.717) is 30.2 Å². The average molecular weight is 397 g/mol. The Hall–Kier alpha value is -2.53. The molecule has 156 valence electrons. The zero-order chi connectivity index (χ0) is 20.6. The monoisotopic (exact) mass is 396 g/mol. The minimum absolute atomic E-state index is 0.127. The molecule has 1 N–H and O–H groups in total. The third-order valence-electron chi connectivity index (χ3n) is 5.48. The molecule has 29 heavy (non-hydrogen) atoms. The fraction of sp³-hybridized carbons (Fsp3) is 0.458. The molecule has 0 spiro atoms. The highest BCUT2D eigenvalue weighted by molar-refractivity contribution is 5.94. The highest BCUT2D eigenvalue weighted by Gasteiger charge is 2.15. The maximum absolute atomic E-state index is 12.5. The van der Waals surface area contributed by atoms with Crippen molar-refractivity contribution in [2.24, 2.45) is 5.92 Å². The summed E-state index contributed by atoms with van der Waals surface area (Å²) in [5, 5.41) is 2.98. The van der Waals surface area contributed by atoms with E-state index >= 15 is 0 Å². The zero-order valence-corrected chi connectivity index (χ0v) is 17.7. The number of piperidine rings is 1. The number of methoxy groups -OCH3 is 1. The van der Waals surface area contributed by atoms with Gasteiger partial charge in [-0.1, -0.05) is 31.2 Å². The Morgan fingerprint density at radius 1 is 1.07 bits per heavy atom. The summed E-state index contributed by atoms with van der Waals surface area (Å²) in [5.41, 5.74) is 2.97. The van der Waals surface area contributed by atoms with Crippen LogP contribution in [0.3, 0.4) is 0 Å². The molecule has 1 amide bonds. The molecule has 2 aromatic rings. The molecular weight excluding hydrogens is 364 g/mol. The molecule has 1 saturated heterocycles. The van der Waals surface area contributed by atoms with Gasteiger partial charge in [-0.2, -0.15) is 0 Å². The molecule has 0 bridgehead atoms. The fourth-order valence-corrected chi connectivity index (χ4v) is 3.61. The summed E-state index contributed by atoms with van der Waals surface area (Å²) >= 11 is 0.